The normalized spacial score (nSPS) is 30.4. The average Bonchev–Trinajstić information content (AvgIpc) is 2.96. The van der Waals surface area contributed by atoms with Gasteiger partial charge in [-0.2, -0.15) is 11.8 Å². The number of anilines is 1. The SMILES string of the molecule is C[C@H]1CNCCCN1c1nccc(C(N)=C2CSCC3(CCCCC3=O)C2=O)n1. The zero-order valence-corrected chi connectivity index (χ0v) is 17.8. The molecule has 3 N–H and O–H groups in total. The summed E-state index contributed by atoms with van der Waals surface area (Å²) in [6.45, 7) is 4.88. The van der Waals surface area contributed by atoms with Crippen LogP contribution in [0.4, 0.5) is 5.95 Å². The van der Waals surface area contributed by atoms with Crippen molar-refractivity contribution in [1.29, 1.82) is 0 Å². The second kappa shape index (κ2) is 8.44. The molecule has 2 saturated heterocycles. The number of nitrogens with zero attached hydrogens (tertiary/aromatic N) is 3. The van der Waals surface area contributed by atoms with Crippen molar-refractivity contribution >= 4 is 35.0 Å². The number of carbonyl (C=O) groups is 2. The quantitative estimate of drug-likeness (QED) is 0.557. The molecular formula is C21H29N5O2S. The molecule has 4 rings (SSSR count). The van der Waals surface area contributed by atoms with Crippen molar-refractivity contribution in [3.63, 3.8) is 0 Å². The Labute approximate surface area is 175 Å². The molecule has 156 valence electrons. The monoisotopic (exact) mass is 415 g/mol. The van der Waals surface area contributed by atoms with Gasteiger partial charge in [0.2, 0.25) is 5.95 Å². The zero-order valence-electron chi connectivity index (χ0n) is 16.9. The Morgan fingerprint density at radius 3 is 3.03 bits per heavy atom. The van der Waals surface area contributed by atoms with E-state index in [0.29, 0.717) is 47.3 Å². The molecule has 7 nitrogen and oxygen atoms in total. The van der Waals surface area contributed by atoms with E-state index in [4.69, 9.17) is 10.7 Å². The van der Waals surface area contributed by atoms with E-state index in [0.717, 1.165) is 38.9 Å². The van der Waals surface area contributed by atoms with E-state index in [1.165, 1.54) is 0 Å². The van der Waals surface area contributed by atoms with Crippen LogP contribution in [-0.4, -0.2) is 58.7 Å². The molecule has 1 aliphatic carbocycles. The largest absolute Gasteiger partial charge is 0.397 e. The average molecular weight is 416 g/mol. The third-order valence-electron chi connectivity index (χ3n) is 6.32. The molecule has 0 amide bonds. The number of rotatable bonds is 2. The summed E-state index contributed by atoms with van der Waals surface area (Å²) >= 11 is 1.63. The Hall–Kier alpha value is -1.93. The van der Waals surface area contributed by atoms with E-state index in [1.807, 2.05) is 0 Å². The fourth-order valence-electron chi connectivity index (χ4n) is 4.54. The molecule has 0 aromatic carbocycles. The molecule has 8 heteroatoms. The predicted molar refractivity (Wildman–Crippen MR) is 116 cm³/mol. The number of hydrogen-bond acceptors (Lipinski definition) is 8. The van der Waals surface area contributed by atoms with Crippen LogP contribution in [0.5, 0.6) is 0 Å². The van der Waals surface area contributed by atoms with E-state index in [1.54, 1.807) is 24.0 Å². The van der Waals surface area contributed by atoms with Crippen LogP contribution in [0.3, 0.4) is 0 Å². The summed E-state index contributed by atoms with van der Waals surface area (Å²) in [7, 11) is 0. The fraction of sp³-hybridized carbons (Fsp3) is 0.619. The first-order valence-electron chi connectivity index (χ1n) is 10.5. The molecule has 1 spiro atoms. The second-order valence-electron chi connectivity index (χ2n) is 8.27. The number of Topliss-reactive ketones (excluding diaryl/α,β-unsaturated/α-hetero) is 2. The standard InChI is InChI=1S/C21H29N5O2S/c1-14-11-23-8-4-10-26(14)20-24-9-6-16(25-20)18(22)15-12-29-13-21(19(15)28)7-3-2-5-17(21)27/h6,9,14,23H,2-5,7-8,10-13,22H2,1H3/t14-,21?/m0/s1. The van der Waals surface area contributed by atoms with Crippen LogP contribution in [0, 0.1) is 5.41 Å². The molecule has 2 aliphatic heterocycles. The van der Waals surface area contributed by atoms with Crippen LogP contribution in [0.2, 0.25) is 0 Å². The smallest absolute Gasteiger partial charge is 0.226 e. The lowest BCUT2D eigenvalue weighted by atomic mass is 9.69. The summed E-state index contributed by atoms with van der Waals surface area (Å²) in [5, 5.41) is 3.42. The third kappa shape index (κ3) is 3.80. The minimum atomic E-state index is -0.873. The van der Waals surface area contributed by atoms with E-state index in [2.05, 4.69) is 22.1 Å². The van der Waals surface area contributed by atoms with Gasteiger partial charge in [0.05, 0.1) is 11.4 Å². The predicted octanol–water partition coefficient (Wildman–Crippen LogP) is 1.78. The maximum atomic E-state index is 13.4. The maximum Gasteiger partial charge on any atom is 0.226 e. The molecule has 1 saturated carbocycles. The van der Waals surface area contributed by atoms with Crippen molar-refractivity contribution in [2.75, 3.05) is 36.0 Å². The number of carbonyl (C=O) groups excluding carboxylic acids is 2. The molecule has 2 atom stereocenters. The summed E-state index contributed by atoms with van der Waals surface area (Å²) < 4.78 is 0. The van der Waals surface area contributed by atoms with Crippen molar-refractivity contribution in [2.45, 2.75) is 45.1 Å². The van der Waals surface area contributed by atoms with Gasteiger partial charge in [0.25, 0.3) is 0 Å². The van der Waals surface area contributed by atoms with Crippen LogP contribution in [0.1, 0.15) is 44.7 Å². The van der Waals surface area contributed by atoms with Crippen molar-refractivity contribution < 1.29 is 9.59 Å². The van der Waals surface area contributed by atoms with Crippen LogP contribution in [0.25, 0.3) is 5.70 Å². The van der Waals surface area contributed by atoms with Gasteiger partial charge < -0.3 is 16.0 Å². The van der Waals surface area contributed by atoms with Crippen LogP contribution < -0.4 is 16.0 Å². The zero-order chi connectivity index (χ0) is 20.4. The van der Waals surface area contributed by atoms with Gasteiger partial charge in [-0.3, -0.25) is 9.59 Å². The van der Waals surface area contributed by atoms with Crippen molar-refractivity contribution in [2.24, 2.45) is 11.1 Å². The van der Waals surface area contributed by atoms with Gasteiger partial charge in [-0.25, -0.2) is 9.97 Å². The molecule has 3 heterocycles. The highest BCUT2D eigenvalue weighted by Gasteiger charge is 2.50. The summed E-state index contributed by atoms with van der Waals surface area (Å²) in [6.07, 6.45) is 5.67. The van der Waals surface area contributed by atoms with Gasteiger partial charge in [-0.15, -0.1) is 0 Å². The molecule has 1 unspecified atom stereocenters. The minimum absolute atomic E-state index is 0.0778. The van der Waals surface area contributed by atoms with Gasteiger partial charge >= 0.3 is 0 Å². The number of hydrogen-bond donors (Lipinski definition) is 2. The molecular weight excluding hydrogens is 386 g/mol. The fourth-order valence-corrected chi connectivity index (χ4v) is 5.91. The maximum absolute atomic E-state index is 13.4. The summed E-state index contributed by atoms with van der Waals surface area (Å²) in [6, 6.07) is 2.03. The highest BCUT2D eigenvalue weighted by Crippen LogP contribution is 2.44. The first-order valence-corrected chi connectivity index (χ1v) is 11.6. The molecule has 1 aromatic heterocycles. The number of ketones is 2. The summed E-state index contributed by atoms with van der Waals surface area (Å²) in [5.41, 5.74) is 7.11. The number of nitrogens with one attached hydrogen (secondary N) is 1. The molecule has 3 fully saturated rings. The van der Waals surface area contributed by atoms with E-state index < -0.39 is 5.41 Å². The number of aromatic nitrogens is 2. The van der Waals surface area contributed by atoms with Gasteiger partial charge in [-0.1, -0.05) is 6.42 Å². The summed E-state index contributed by atoms with van der Waals surface area (Å²) in [4.78, 5) is 37.4. The lowest BCUT2D eigenvalue weighted by Gasteiger charge is -2.38. The highest BCUT2D eigenvalue weighted by atomic mass is 32.2. The van der Waals surface area contributed by atoms with E-state index in [9.17, 15) is 9.59 Å². The van der Waals surface area contributed by atoms with E-state index >= 15 is 0 Å². The molecule has 1 aromatic rings. The van der Waals surface area contributed by atoms with Gasteiger partial charge in [0.1, 0.15) is 11.2 Å². The lowest BCUT2D eigenvalue weighted by Crippen LogP contribution is -2.47. The number of nitrogens with two attached hydrogens (primary N) is 1. The van der Waals surface area contributed by atoms with Crippen LogP contribution >= 0.6 is 11.8 Å². The summed E-state index contributed by atoms with van der Waals surface area (Å²) in [5.74, 6) is 1.76. The molecule has 29 heavy (non-hydrogen) atoms. The lowest BCUT2D eigenvalue weighted by molar-refractivity contribution is -0.139. The van der Waals surface area contributed by atoms with Crippen molar-refractivity contribution in [3.8, 4) is 0 Å². The second-order valence-corrected chi connectivity index (χ2v) is 9.25. The Kier molecular flexibility index (Phi) is 5.92. The highest BCUT2D eigenvalue weighted by molar-refractivity contribution is 7.99. The van der Waals surface area contributed by atoms with Gasteiger partial charge in [-0.05, 0) is 38.8 Å². The molecule has 0 bridgehead atoms. The minimum Gasteiger partial charge on any atom is -0.397 e. The van der Waals surface area contributed by atoms with Gasteiger partial charge in [0, 0.05) is 48.8 Å². The van der Waals surface area contributed by atoms with Crippen molar-refractivity contribution in [1.82, 2.24) is 15.3 Å². The Morgan fingerprint density at radius 1 is 1.34 bits per heavy atom. The van der Waals surface area contributed by atoms with Gasteiger partial charge in [0.15, 0.2) is 5.78 Å². The van der Waals surface area contributed by atoms with Crippen molar-refractivity contribution in [3.05, 3.63) is 23.5 Å². The number of thioether (sulfide) groups is 1. The van der Waals surface area contributed by atoms with E-state index in [-0.39, 0.29) is 17.6 Å². The van der Waals surface area contributed by atoms with Crippen LogP contribution in [0.15, 0.2) is 17.8 Å². The molecule has 3 aliphatic rings. The van der Waals surface area contributed by atoms with Crippen LogP contribution in [-0.2, 0) is 9.59 Å². The first kappa shape index (κ1) is 20.3. The molecule has 0 radical (unpaired) electrons. The first-order chi connectivity index (χ1) is 14.0. The Balaban J connectivity index is 1.66. The Bertz CT molecular complexity index is 838. The Morgan fingerprint density at radius 2 is 2.21 bits per heavy atom. The third-order valence-corrected chi connectivity index (χ3v) is 7.51. The topological polar surface area (TPSA) is 101 Å².